The number of aromatic nitrogens is 2. The van der Waals surface area contributed by atoms with E-state index in [0.29, 0.717) is 0 Å². The largest absolute Gasteiger partial charge is 0.370 e. The van der Waals surface area contributed by atoms with E-state index in [9.17, 15) is 33.9 Å². The number of fused-ring (bicyclic) bond motifs is 2. The first-order valence-corrected chi connectivity index (χ1v) is 11.1. The number of ketones is 1. The van der Waals surface area contributed by atoms with Gasteiger partial charge in [-0.1, -0.05) is 0 Å². The second-order valence-corrected chi connectivity index (χ2v) is 10.9. The summed E-state index contributed by atoms with van der Waals surface area (Å²) in [5.74, 6) is 0.836. The molecule has 0 amide bonds. The van der Waals surface area contributed by atoms with E-state index in [1.807, 2.05) is 0 Å². The minimum atomic E-state index is -5.38. The summed E-state index contributed by atoms with van der Waals surface area (Å²) in [6.45, 7) is -1.24. The second kappa shape index (κ2) is 7.19. The van der Waals surface area contributed by atoms with E-state index in [0.717, 1.165) is 4.57 Å². The van der Waals surface area contributed by atoms with Gasteiger partial charge in [-0.2, -0.15) is 0 Å². The summed E-state index contributed by atoms with van der Waals surface area (Å²) in [4.78, 5) is 68.8. The quantitative estimate of drug-likeness (QED) is 0.199. The Kier molecular flexibility index (Phi) is 5.50. The molecule has 6 N–H and O–H groups in total. The zero-order valence-corrected chi connectivity index (χ0v) is 16.3. The molecule has 12 nitrogen and oxygen atoms in total. The molecule has 1 saturated carbocycles. The molecule has 28 heavy (non-hydrogen) atoms. The molecule has 3 rings (SSSR count). The Balaban J connectivity index is 2.10. The molecular formula is C14H19N3O9P2. The van der Waals surface area contributed by atoms with Crippen molar-refractivity contribution in [2.45, 2.75) is 41.8 Å². The smallest absolute Gasteiger partial charge is 0.365 e. The number of imidazole rings is 1. The monoisotopic (exact) mass is 435 g/mol. The first-order valence-electron chi connectivity index (χ1n) is 8.16. The average molecular weight is 435 g/mol. The first kappa shape index (κ1) is 21.4. The molecule has 0 spiro atoms. The van der Waals surface area contributed by atoms with Crippen LogP contribution in [0.25, 0.3) is 0 Å². The van der Waals surface area contributed by atoms with Gasteiger partial charge in [-0.15, -0.1) is 0 Å². The summed E-state index contributed by atoms with van der Waals surface area (Å²) in [6, 6.07) is 0. The number of nitrogens with two attached hydrogens (primary N) is 1. The molecule has 0 aromatic carbocycles. The fourth-order valence-corrected chi connectivity index (χ4v) is 7.16. The summed E-state index contributed by atoms with van der Waals surface area (Å²) in [7, 11) is -8.56. The molecule has 1 aromatic heterocycles. The van der Waals surface area contributed by atoms with E-state index >= 15 is 0 Å². The van der Waals surface area contributed by atoms with E-state index in [1.165, 1.54) is 24.7 Å². The van der Waals surface area contributed by atoms with Gasteiger partial charge in [-0.3, -0.25) is 9.36 Å². The van der Waals surface area contributed by atoms with Crippen molar-refractivity contribution in [3.8, 4) is 0 Å². The Morgan fingerprint density at radius 1 is 1.46 bits per heavy atom. The van der Waals surface area contributed by atoms with Crippen LogP contribution in [0.15, 0.2) is 24.3 Å². The van der Waals surface area contributed by atoms with Crippen LogP contribution >= 0.6 is 15.7 Å². The lowest BCUT2D eigenvalue weighted by molar-refractivity contribution is -0.321. The van der Waals surface area contributed by atoms with E-state index < -0.39 is 56.2 Å². The normalized spacial score (nSPS) is 30.5. The van der Waals surface area contributed by atoms with Gasteiger partial charge in [0.25, 0.3) is 0 Å². The van der Waals surface area contributed by atoms with Crippen LogP contribution < -0.4 is 5.73 Å². The van der Waals surface area contributed by atoms with Gasteiger partial charge in [0.15, 0.2) is 16.7 Å². The molecule has 2 aliphatic rings. The molecule has 14 heteroatoms. The van der Waals surface area contributed by atoms with Gasteiger partial charge in [0.05, 0.1) is 25.0 Å². The molecule has 4 unspecified atom stereocenters. The number of hydrogen-bond donors (Lipinski definition) is 5. The van der Waals surface area contributed by atoms with Crippen molar-refractivity contribution in [1.29, 1.82) is 0 Å². The number of carbonyl (C=O) groups is 1. The highest BCUT2D eigenvalue weighted by atomic mass is 31.2. The molecule has 154 valence electrons. The summed E-state index contributed by atoms with van der Waals surface area (Å²) in [5, 5.41) is 5.79. The topological polar surface area (TPSA) is 194 Å². The average Bonchev–Trinajstić information content (AvgIpc) is 3.22. The number of carbonyl (C=O) groups excluding carboxylic acids is 2. The molecule has 4 atom stereocenters. The van der Waals surface area contributed by atoms with Gasteiger partial charge in [-0.25, -0.2) is 19.6 Å². The van der Waals surface area contributed by atoms with Crippen LogP contribution in [0, 0.1) is 0 Å². The van der Waals surface area contributed by atoms with Crippen molar-refractivity contribution in [3.05, 3.63) is 24.3 Å². The SMILES string of the molecule is NCC(=O)C12CCCC(P(O)C(O)(Cn3ccnc3)P(=O)(O)O)(OO1)C2=C=O. The van der Waals surface area contributed by atoms with Gasteiger partial charge >= 0.3 is 7.60 Å². The van der Waals surface area contributed by atoms with Crippen molar-refractivity contribution in [2.24, 2.45) is 5.73 Å². The van der Waals surface area contributed by atoms with Crippen molar-refractivity contribution in [3.63, 3.8) is 0 Å². The molecular weight excluding hydrogens is 416 g/mol. The summed E-state index contributed by atoms with van der Waals surface area (Å²) >= 11 is 0. The highest BCUT2D eigenvalue weighted by Gasteiger charge is 2.72. The van der Waals surface area contributed by atoms with Crippen molar-refractivity contribution >= 4 is 27.5 Å². The molecule has 1 aromatic rings. The third kappa shape index (κ3) is 2.94. The summed E-state index contributed by atoms with van der Waals surface area (Å²) in [5.41, 5.74) is 3.04. The van der Waals surface area contributed by atoms with E-state index in [2.05, 4.69) is 4.98 Å². The Bertz CT molecular complexity index is 867. The van der Waals surface area contributed by atoms with E-state index in [1.54, 1.807) is 0 Å². The fraction of sp³-hybridized carbons (Fsp3) is 0.571. The van der Waals surface area contributed by atoms with Crippen LogP contribution in [-0.4, -0.2) is 63.6 Å². The Hall–Kier alpha value is -1.29. The lowest BCUT2D eigenvalue weighted by Gasteiger charge is -2.43. The molecule has 2 heterocycles. The predicted octanol–water partition coefficient (Wildman–Crippen LogP) is -1.04. The first-order chi connectivity index (χ1) is 13.1. The standard InChI is InChI=1S/C14H19N3O9P2/c15-6-11(19)12-2-1-3-13(26-25-12,10(12)7-18)27(21)14(20,28(22,23)24)8-17-5-4-16-9-17/h4-5,9,20-21H,1-3,6,8,15H2,(H2,22,23,24). The molecule has 1 saturated heterocycles. The zero-order valence-electron chi connectivity index (χ0n) is 14.5. The van der Waals surface area contributed by atoms with Crippen LogP contribution in [0.2, 0.25) is 0 Å². The lowest BCUT2D eigenvalue weighted by atomic mass is 9.76. The van der Waals surface area contributed by atoms with Gasteiger partial charge in [0.2, 0.25) is 5.08 Å². The number of aliphatic hydroxyl groups is 1. The number of nitrogens with zero attached hydrogens (tertiary/aromatic N) is 2. The van der Waals surface area contributed by atoms with E-state index in [-0.39, 0.29) is 19.3 Å². The highest BCUT2D eigenvalue weighted by Crippen LogP contribution is 2.76. The number of hydrogen-bond acceptors (Lipinski definition) is 9. The third-order valence-corrected chi connectivity index (χ3v) is 9.45. The Morgan fingerprint density at radius 2 is 2.18 bits per heavy atom. The molecule has 2 fully saturated rings. The predicted molar refractivity (Wildman–Crippen MR) is 93.1 cm³/mol. The van der Waals surface area contributed by atoms with E-state index in [4.69, 9.17) is 15.5 Å². The minimum absolute atomic E-state index is 0.0222. The third-order valence-electron chi connectivity index (χ3n) is 5.00. The van der Waals surface area contributed by atoms with Crippen LogP contribution in [0.1, 0.15) is 19.3 Å². The van der Waals surface area contributed by atoms with Crippen LogP contribution in [-0.2, 0) is 30.5 Å². The van der Waals surface area contributed by atoms with Crippen molar-refractivity contribution in [1.82, 2.24) is 9.55 Å². The number of Topliss-reactive ketones (excluding diaryl/α,β-unsaturated/α-hetero) is 1. The van der Waals surface area contributed by atoms with Gasteiger partial charge in [0, 0.05) is 12.4 Å². The van der Waals surface area contributed by atoms with Crippen molar-refractivity contribution in [2.75, 3.05) is 6.54 Å². The summed E-state index contributed by atoms with van der Waals surface area (Å²) < 4.78 is 13.3. The van der Waals surface area contributed by atoms with Crippen molar-refractivity contribution < 1.29 is 43.7 Å². The molecule has 0 radical (unpaired) electrons. The van der Waals surface area contributed by atoms with Crippen LogP contribution in [0.3, 0.4) is 0 Å². The maximum Gasteiger partial charge on any atom is 0.365 e. The Labute approximate surface area is 159 Å². The lowest BCUT2D eigenvalue weighted by Crippen LogP contribution is -2.50. The maximum absolute atomic E-state index is 12.4. The minimum Gasteiger partial charge on any atom is -0.370 e. The highest BCUT2D eigenvalue weighted by molar-refractivity contribution is 7.72. The molecule has 1 aliphatic heterocycles. The molecule has 2 bridgehead atoms. The number of rotatable bonds is 7. The van der Waals surface area contributed by atoms with Crippen LogP contribution in [0.4, 0.5) is 0 Å². The van der Waals surface area contributed by atoms with Gasteiger partial charge in [-0.05, 0) is 19.3 Å². The second-order valence-electron chi connectivity index (χ2n) is 6.60. The van der Waals surface area contributed by atoms with Gasteiger partial charge < -0.3 is 30.1 Å². The Morgan fingerprint density at radius 3 is 2.71 bits per heavy atom. The summed E-state index contributed by atoms with van der Waals surface area (Å²) in [6.07, 6.45) is 3.94. The van der Waals surface area contributed by atoms with Gasteiger partial charge in [0.1, 0.15) is 14.1 Å². The zero-order chi connectivity index (χ0) is 20.8. The molecule has 1 aliphatic carbocycles. The fourth-order valence-electron chi connectivity index (χ4n) is 3.55. The maximum atomic E-state index is 12.4. The van der Waals surface area contributed by atoms with Crippen LogP contribution in [0.5, 0.6) is 0 Å².